The fourth-order valence-corrected chi connectivity index (χ4v) is 3.12. The molecule has 0 unspecified atom stereocenters. The molecule has 0 aliphatic heterocycles. The maximum absolute atomic E-state index is 12.5. The molecule has 5 nitrogen and oxygen atoms in total. The van der Waals surface area contributed by atoms with Crippen LogP contribution in [0.3, 0.4) is 0 Å². The first-order valence-electron chi connectivity index (χ1n) is 7.88. The third-order valence-electron chi connectivity index (χ3n) is 4.69. The summed E-state index contributed by atoms with van der Waals surface area (Å²) in [4.78, 5) is 18.4. The van der Waals surface area contributed by atoms with Gasteiger partial charge in [-0.05, 0) is 37.5 Å². The van der Waals surface area contributed by atoms with E-state index in [2.05, 4.69) is 29.1 Å². The molecule has 1 aliphatic rings. The van der Waals surface area contributed by atoms with Crippen molar-refractivity contribution >= 4 is 5.91 Å². The first kappa shape index (κ1) is 14.8. The van der Waals surface area contributed by atoms with Gasteiger partial charge >= 0.3 is 0 Å². The van der Waals surface area contributed by atoms with Crippen LogP contribution in [0.5, 0.6) is 0 Å². The van der Waals surface area contributed by atoms with Gasteiger partial charge in [-0.1, -0.05) is 25.0 Å². The molecular formula is C17H22N4O. The minimum atomic E-state index is 0.0814. The number of nitrogens with zero attached hydrogens (tertiary/aromatic N) is 4. The Morgan fingerprint density at radius 1 is 1.27 bits per heavy atom. The van der Waals surface area contributed by atoms with Crippen molar-refractivity contribution in [2.24, 2.45) is 5.92 Å². The molecule has 2 aromatic rings. The van der Waals surface area contributed by atoms with Crippen LogP contribution in [0, 0.1) is 5.92 Å². The summed E-state index contributed by atoms with van der Waals surface area (Å²) in [6.07, 6.45) is 7.65. The molecule has 1 amide bonds. The topological polar surface area (TPSA) is 51.0 Å². The lowest BCUT2D eigenvalue weighted by molar-refractivity contribution is -0.135. The minimum absolute atomic E-state index is 0.0814. The Bertz CT molecular complexity index is 615. The van der Waals surface area contributed by atoms with Crippen molar-refractivity contribution in [2.75, 3.05) is 7.05 Å². The highest BCUT2D eigenvalue weighted by Gasteiger charge is 2.28. The third kappa shape index (κ3) is 2.89. The monoisotopic (exact) mass is 298 g/mol. The average molecular weight is 298 g/mol. The molecular weight excluding hydrogens is 276 g/mol. The van der Waals surface area contributed by atoms with E-state index in [0.29, 0.717) is 0 Å². The molecule has 22 heavy (non-hydrogen) atoms. The van der Waals surface area contributed by atoms with Gasteiger partial charge in [-0.2, -0.15) is 5.10 Å². The summed E-state index contributed by atoms with van der Waals surface area (Å²) in [5.41, 5.74) is 2.11. The van der Waals surface area contributed by atoms with Gasteiger partial charge < -0.3 is 4.90 Å². The van der Waals surface area contributed by atoms with E-state index < -0.39 is 0 Å². The zero-order valence-electron chi connectivity index (χ0n) is 13.1. The maximum atomic E-state index is 12.5. The Kier molecular flexibility index (Phi) is 4.22. The number of hydrogen-bond acceptors (Lipinski definition) is 3. The second-order valence-corrected chi connectivity index (χ2v) is 6.04. The molecule has 1 heterocycles. The summed E-state index contributed by atoms with van der Waals surface area (Å²) >= 11 is 0. The number of hydrogen-bond donors (Lipinski definition) is 0. The fraction of sp³-hybridized carbons (Fsp3) is 0.471. The van der Waals surface area contributed by atoms with Crippen LogP contribution < -0.4 is 0 Å². The van der Waals surface area contributed by atoms with E-state index in [-0.39, 0.29) is 17.9 Å². The second kappa shape index (κ2) is 6.30. The van der Waals surface area contributed by atoms with Gasteiger partial charge in [0.05, 0.1) is 11.7 Å². The Balaban J connectivity index is 1.71. The SMILES string of the molecule is C[C@@H](c1ccc(-n2cncn2)cc1)N(C)C(=O)C1CCCC1. The van der Waals surface area contributed by atoms with Gasteiger partial charge in [-0.15, -0.1) is 0 Å². The number of amides is 1. The van der Waals surface area contributed by atoms with Gasteiger partial charge in [0.25, 0.3) is 0 Å². The molecule has 0 spiro atoms. The van der Waals surface area contributed by atoms with Crippen LogP contribution in [0.15, 0.2) is 36.9 Å². The van der Waals surface area contributed by atoms with Crippen molar-refractivity contribution in [3.05, 3.63) is 42.5 Å². The van der Waals surface area contributed by atoms with E-state index >= 15 is 0 Å². The van der Waals surface area contributed by atoms with E-state index in [1.807, 2.05) is 24.1 Å². The van der Waals surface area contributed by atoms with Crippen LogP contribution in [0.4, 0.5) is 0 Å². The second-order valence-electron chi connectivity index (χ2n) is 6.04. The molecule has 1 aromatic heterocycles. The molecule has 3 rings (SSSR count). The van der Waals surface area contributed by atoms with Gasteiger partial charge in [0.2, 0.25) is 5.91 Å². The predicted octanol–water partition coefficient (Wildman–Crippen LogP) is 2.98. The average Bonchev–Trinajstić information content (AvgIpc) is 3.26. The molecule has 0 bridgehead atoms. The smallest absolute Gasteiger partial charge is 0.225 e. The number of aromatic nitrogens is 3. The van der Waals surface area contributed by atoms with E-state index in [4.69, 9.17) is 0 Å². The van der Waals surface area contributed by atoms with E-state index in [9.17, 15) is 4.79 Å². The standard InChI is InChI=1S/C17H22N4O/c1-13(20(2)17(22)15-5-3-4-6-15)14-7-9-16(10-8-14)21-12-18-11-19-21/h7-13,15H,3-6H2,1-2H3/t13-/m0/s1. The summed E-state index contributed by atoms with van der Waals surface area (Å²) in [6.45, 7) is 2.08. The Labute approximate surface area is 131 Å². The van der Waals surface area contributed by atoms with Gasteiger partial charge in [-0.3, -0.25) is 4.79 Å². The lowest BCUT2D eigenvalue weighted by Gasteiger charge is -2.28. The molecule has 0 saturated heterocycles. The van der Waals surface area contributed by atoms with Crippen LogP contribution >= 0.6 is 0 Å². The van der Waals surface area contributed by atoms with Crippen LogP contribution in [0.1, 0.15) is 44.2 Å². The summed E-state index contributed by atoms with van der Waals surface area (Å²) in [5, 5.41) is 4.12. The van der Waals surface area contributed by atoms with E-state index in [1.54, 1.807) is 11.0 Å². The fourth-order valence-electron chi connectivity index (χ4n) is 3.12. The summed E-state index contributed by atoms with van der Waals surface area (Å²) in [7, 11) is 1.91. The van der Waals surface area contributed by atoms with Crippen molar-refractivity contribution in [2.45, 2.75) is 38.6 Å². The maximum Gasteiger partial charge on any atom is 0.225 e. The summed E-state index contributed by atoms with van der Waals surface area (Å²) < 4.78 is 1.72. The Morgan fingerprint density at radius 3 is 2.55 bits per heavy atom. The van der Waals surface area contributed by atoms with Gasteiger partial charge in [0.1, 0.15) is 12.7 Å². The first-order valence-corrected chi connectivity index (χ1v) is 7.88. The summed E-state index contributed by atoms with van der Waals surface area (Å²) in [5.74, 6) is 0.507. The van der Waals surface area contributed by atoms with Crippen molar-refractivity contribution in [3.8, 4) is 5.69 Å². The molecule has 0 radical (unpaired) electrons. The zero-order chi connectivity index (χ0) is 15.5. The van der Waals surface area contributed by atoms with Crippen molar-refractivity contribution in [1.82, 2.24) is 19.7 Å². The first-order chi connectivity index (χ1) is 10.7. The molecule has 5 heteroatoms. The van der Waals surface area contributed by atoms with Crippen molar-refractivity contribution in [1.29, 1.82) is 0 Å². The number of carbonyl (C=O) groups is 1. The molecule has 1 saturated carbocycles. The third-order valence-corrected chi connectivity index (χ3v) is 4.69. The van der Waals surface area contributed by atoms with Gasteiger partial charge in [0, 0.05) is 13.0 Å². The molecule has 116 valence electrons. The predicted molar refractivity (Wildman–Crippen MR) is 84.5 cm³/mol. The summed E-state index contributed by atoms with van der Waals surface area (Å²) in [6, 6.07) is 8.21. The van der Waals surface area contributed by atoms with Crippen LogP contribution in [-0.4, -0.2) is 32.6 Å². The lowest BCUT2D eigenvalue weighted by atomic mass is 10.0. The van der Waals surface area contributed by atoms with Crippen LogP contribution in [0.2, 0.25) is 0 Å². The molecule has 0 N–H and O–H groups in total. The minimum Gasteiger partial charge on any atom is -0.339 e. The Hall–Kier alpha value is -2.17. The van der Waals surface area contributed by atoms with Crippen LogP contribution in [-0.2, 0) is 4.79 Å². The number of carbonyl (C=O) groups excluding carboxylic acids is 1. The largest absolute Gasteiger partial charge is 0.339 e. The normalized spacial score (nSPS) is 16.6. The number of benzene rings is 1. The molecule has 1 atom stereocenters. The van der Waals surface area contributed by atoms with Crippen LogP contribution in [0.25, 0.3) is 5.69 Å². The van der Waals surface area contributed by atoms with Gasteiger partial charge in [0.15, 0.2) is 0 Å². The molecule has 1 aliphatic carbocycles. The zero-order valence-corrected chi connectivity index (χ0v) is 13.1. The van der Waals surface area contributed by atoms with E-state index in [0.717, 1.165) is 24.1 Å². The highest BCUT2D eigenvalue weighted by Crippen LogP contribution is 2.29. The lowest BCUT2D eigenvalue weighted by Crippen LogP contribution is -2.34. The Morgan fingerprint density at radius 2 is 1.95 bits per heavy atom. The molecule has 1 fully saturated rings. The van der Waals surface area contributed by atoms with E-state index in [1.165, 1.54) is 19.2 Å². The molecule has 1 aromatic carbocycles. The highest BCUT2D eigenvalue weighted by molar-refractivity contribution is 5.79. The van der Waals surface area contributed by atoms with Crippen molar-refractivity contribution < 1.29 is 4.79 Å². The number of rotatable bonds is 4. The quantitative estimate of drug-likeness (QED) is 0.872. The highest BCUT2D eigenvalue weighted by atomic mass is 16.2. The van der Waals surface area contributed by atoms with Gasteiger partial charge in [-0.25, -0.2) is 9.67 Å². The van der Waals surface area contributed by atoms with Crippen molar-refractivity contribution in [3.63, 3.8) is 0 Å².